The van der Waals surface area contributed by atoms with Gasteiger partial charge in [0.25, 0.3) is 0 Å². The molecule has 0 spiro atoms. The summed E-state index contributed by atoms with van der Waals surface area (Å²) >= 11 is 3.43. The minimum Gasteiger partial charge on any atom is -0.457 e. The number of hydrogen-bond donors (Lipinski definition) is 1. The highest BCUT2D eigenvalue weighted by Crippen LogP contribution is 2.25. The van der Waals surface area contributed by atoms with Crippen LogP contribution in [0.5, 0.6) is 0 Å². The normalized spacial score (nSPS) is 12.2. The van der Waals surface area contributed by atoms with Crippen molar-refractivity contribution in [1.29, 1.82) is 0 Å². The van der Waals surface area contributed by atoms with Crippen LogP contribution >= 0.6 is 15.9 Å². The fraction of sp³-hybridized carbons (Fsp3) is 0.250. The Labute approximate surface area is 122 Å². The number of halogens is 1. The first-order valence-corrected chi connectivity index (χ1v) is 7.15. The average Bonchev–Trinajstić information content (AvgIpc) is 2.85. The van der Waals surface area contributed by atoms with Crippen LogP contribution in [0, 0.1) is 5.92 Å². The Bertz CT molecular complexity index is 567. The third-order valence-corrected chi connectivity index (χ3v) is 3.59. The smallest absolute Gasteiger partial charge is 0.134 e. The first-order valence-electron chi connectivity index (χ1n) is 6.36. The second-order valence-electron chi connectivity index (χ2n) is 4.79. The van der Waals surface area contributed by atoms with E-state index in [1.165, 1.54) is 5.57 Å². The van der Waals surface area contributed by atoms with Crippen molar-refractivity contribution >= 4 is 22.0 Å². The molecule has 1 heterocycles. The van der Waals surface area contributed by atoms with Crippen LogP contribution in [0.4, 0.5) is 0 Å². The van der Waals surface area contributed by atoms with E-state index in [4.69, 9.17) is 10.2 Å². The lowest BCUT2D eigenvalue weighted by Crippen LogP contribution is -2.07. The maximum atomic E-state index is 5.84. The van der Waals surface area contributed by atoms with E-state index < -0.39 is 0 Å². The first-order chi connectivity index (χ1) is 9.10. The topological polar surface area (TPSA) is 39.2 Å². The fourth-order valence-corrected chi connectivity index (χ4v) is 2.11. The van der Waals surface area contributed by atoms with E-state index in [-0.39, 0.29) is 0 Å². The second-order valence-corrected chi connectivity index (χ2v) is 5.70. The van der Waals surface area contributed by atoms with Crippen LogP contribution in [0.2, 0.25) is 0 Å². The Balaban J connectivity index is 2.26. The highest BCUT2D eigenvalue weighted by Gasteiger charge is 2.06. The molecule has 0 amide bonds. The van der Waals surface area contributed by atoms with Crippen molar-refractivity contribution in [3.8, 4) is 11.3 Å². The lowest BCUT2D eigenvalue weighted by molar-refractivity contribution is 0.570. The molecule has 0 radical (unpaired) electrons. The summed E-state index contributed by atoms with van der Waals surface area (Å²) in [6.45, 7) is 4.83. The van der Waals surface area contributed by atoms with Gasteiger partial charge in [-0.2, -0.15) is 0 Å². The molecule has 2 aromatic rings. The molecule has 2 rings (SSSR count). The Morgan fingerprint density at radius 2 is 1.89 bits per heavy atom. The third-order valence-electron chi connectivity index (χ3n) is 3.06. The van der Waals surface area contributed by atoms with Gasteiger partial charge in [0.05, 0.1) is 0 Å². The number of nitrogens with two attached hydrogens (primary N) is 1. The number of hydrogen-bond acceptors (Lipinski definition) is 2. The number of benzene rings is 1. The van der Waals surface area contributed by atoms with Crippen molar-refractivity contribution in [2.24, 2.45) is 11.7 Å². The summed E-state index contributed by atoms with van der Waals surface area (Å²) < 4.78 is 6.91. The van der Waals surface area contributed by atoms with Crippen LogP contribution in [0.15, 0.2) is 50.9 Å². The van der Waals surface area contributed by atoms with Crippen LogP contribution in [0.3, 0.4) is 0 Å². The lowest BCUT2D eigenvalue weighted by atomic mass is 10.0. The summed E-state index contributed by atoms with van der Waals surface area (Å²) in [5, 5.41) is 0. The van der Waals surface area contributed by atoms with Gasteiger partial charge in [0.15, 0.2) is 0 Å². The summed E-state index contributed by atoms with van der Waals surface area (Å²) in [6.07, 6.45) is 2.03. The minimum atomic E-state index is 0.436. The molecule has 0 aliphatic heterocycles. The molecule has 0 aliphatic rings. The predicted octanol–water partition coefficient (Wildman–Crippen LogP) is 4.71. The Morgan fingerprint density at radius 3 is 2.47 bits per heavy atom. The van der Waals surface area contributed by atoms with Gasteiger partial charge < -0.3 is 10.2 Å². The van der Waals surface area contributed by atoms with Crippen LogP contribution in [0.25, 0.3) is 17.4 Å². The van der Waals surface area contributed by atoms with Gasteiger partial charge in [-0.15, -0.1) is 0 Å². The van der Waals surface area contributed by atoms with Crippen molar-refractivity contribution in [2.75, 3.05) is 6.54 Å². The molecule has 0 fully saturated rings. The predicted molar refractivity (Wildman–Crippen MR) is 83.7 cm³/mol. The van der Waals surface area contributed by atoms with Crippen LogP contribution in [-0.2, 0) is 0 Å². The molecule has 19 heavy (non-hydrogen) atoms. The van der Waals surface area contributed by atoms with Gasteiger partial charge in [-0.05, 0) is 36.3 Å². The molecule has 0 saturated carbocycles. The molecule has 3 heteroatoms. The molecule has 1 aromatic carbocycles. The van der Waals surface area contributed by atoms with E-state index in [1.807, 2.05) is 42.5 Å². The molecule has 0 saturated heterocycles. The monoisotopic (exact) mass is 319 g/mol. The van der Waals surface area contributed by atoms with Gasteiger partial charge in [0.1, 0.15) is 11.5 Å². The summed E-state index contributed by atoms with van der Waals surface area (Å²) in [5.74, 6) is 2.16. The summed E-state index contributed by atoms with van der Waals surface area (Å²) in [4.78, 5) is 0. The molecule has 2 nitrogen and oxygen atoms in total. The van der Waals surface area contributed by atoms with Crippen molar-refractivity contribution < 1.29 is 4.42 Å². The standard InChI is InChI=1S/C16H18BrNO/c1-11(2)13(10-18)9-15-7-8-16(19-15)12-3-5-14(17)6-4-12/h3-9,11H,10,18H2,1-2H3. The summed E-state index contributed by atoms with van der Waals surface area (Å²) in [5.41, 5.74) is 8.00. The van der Waals surface area contributed by atoms with Gasteiger partial charge in [-0.25, -0.2) is 0 Å². The Hall–Kier alpha value is -1.32. The maximum Gasteiger partial charge on any atom is 0.134 e. The van der Waals surface area contributed by atoms with E-state index in [1.54, 1.807) is 0 Å². The fourth-order valence-electron chi connectivity index (χ4n) is 1.84. The number of rotatable bonds is 4. The molecule has 0 unspecified atom stereocenters. The van der Waals surface area contributed by atoms with E-state index in [2.05, 4.69) is 29.8 Å². The van der Waals surface area contributed by atoms with Gasteiger partial charge in [0, 0.05) is 16.6 Å². The molecule has 2 N–H and O–H groups in total. The summed E-state index contributed by atoms with van der Waals surface area (Å²) in [7, 11) is 0. The van der Waals surface area contributed by atoms with Crippen LogP contribution < -0.4 is 5.73 Å². The Kier molecular flexibility index (Phi) is 4.61. The minimum absolute atomic E-state index is 0.436. The molecular weight excluding hydrogens is 302 g/mol. The average molecular weight is 320 g/mol. The molecular formula is C16H18BrNO. The largest absolute Gasteiger partial charge is 0.457 e. The molecule has 100 valence electrons. The maximum absolute atomic E-state index is 5.84. The molecule has 0 aliphatic carbocycles. The SMILES string of the molecule is CC(C)C(=Cc1ccc(-c2ccc(Br)cc2)o1)CN. The zero-order valence-electron chi connectivity index (χ0n) is 11.2. The van der Waals surface area contributed by atoms with Gasteiger partial charge in [0.2, 0.25) is 0 Å². The van der Waals surface area contributed by atoms with Crippen molar-refractivity contribution in [3.63, 3.8) is 0 Å². The van der Waals surface area contributed by atoms with Crippen LogP contribution in [-0.4, -0.2) is 6.54 Å². The summed E-state index contributed by atoms with van der Waals surface area (Å²) in [6, 6.07) is 12.0. The quantitative estimate of drug-likeness (QED) is 0.886. The van der Waals surface area contributed by atoms with Crippen LogP contribution in [0.1, 0.15) is 19.6 Å². The van der Waals surface area contributed by atoms with Crippen molar-refractivity contribution in [2.45, 2.75) is 13.8 Å². The third kappa shape index (κ3) is 3.58. The van der Waals surface area contributed by atoms with Gasteiger partial charge in [-0.3, -0.25) is 0 Å². The highest BCUT2D eigenvalue weighted by atomic mass is 79.9. The number of furan rings is 1. The highest BCUT2D eigenvalue weighted by molar-refractivity contribution is 9.10. The van der Waals surface area contributed by atoms with E-state index in [9.17, 15) is 0 Å². The molecule has 1 aromatic heterocycles. The van der Waals surface area contributed by atoms with Crippen molar-refractivity contribution in [1.82, 2.24) is 0 Å². The molecule has 0 bridgehead atoms. The zero-order valence-corrected chi connectivity index (χ0v) is 12.8. The van der Waals surface area contributed by atoms with E-state index in [0.717, 1.165) is 21.6 Å². The van der Waals surface area contributed by atoms with Gasteiger partial charge in [-0.1, -0.05) is 47.5 Å². The van der Waals surface area contributed by atoms with E-state index >= 15 is 0 Å². The second kappa shape index (κ2) is 6.22. The lowest BCUT2D eigenvalue weighted by Gasteiger charge is -2.07. The van der Waals surface area contributed by atoms with Gasteiger partial charge >= 0.3 is 0 Å². The Morgan fingerprint density at radius 1 is 1.21 bits per heavy atom. The first kappa shape index (κ1) is 14.1. The van der Waals surface area contributed by atoms with E-state index in [0.29, 0.717) is 12.5 Å². The zero-order chi connectivity index (χ0) is 13.8. The molecule has 0 atom stereocenters. The van der Waals surface area contributed by atoms with Crippen molar-refractivity contribution in [3.05, 3.63) is 52.2 Å².